The number of nitrogens with one attached hydrogen (secondary N) is 2. The second kappa shape index (κ2) is 8.91. The molecule has 1 saturated heterocycles. The summed E-state index contributed by atoms with van der Waals surface area (Å²) in [6.45, 7) is 4.25. The molecule has 28 heavy (non-hydrogen) atoms. The van der Waals surface area contributed by atoms with E-state index in [1.807, 2.05) is 0 Å². The van der Waals surface area contributed by atoms with Crippen LogP contribution in [0, 0.1) is 5.41 Å². The van der Waals surface area contributed by atoms with E-state index in [4.69, 9.17) is 0 Å². The summed E-state index contributed by atoms with van der Waals surface area (Å²) in [7, 11) is 0. The fraction of sp³-hybridized carbons (Fsp3) is 0.579. The van der Waals surface area contributed by atoms with E-state index in [1.165, 1.54) is 18.2 Å². The molecule has 156 valence electrons. The third-order valence-electron chi connectivity index (χ3n) is 4.71. The molecule has 0 saturated carbocycles. The van der Waals surface area contributed by atoms with Crippen LogP contribution in [-0.4, -0.2) is 54.1 Å². The Labute approximate surface area is 162 Å². The first-order valence-corrected chi connectivity index (χ1v) is 9.08. The fourth-order valence-corrected chi connectivity index (χ4v) is 2.97. The van der Waals surface area contributed by atoms with Crippen molar-refractivity contribution in [3.8, 4) is 0 Å². The van der Waals surface area contributed by atoms with E-state index in [9.17, 15) is 27.9 Å². The maximum absolute atomic E-state index is 13.2. The van der Waals surface area contributed by atoms with Crippen molar-refractivity contribution in [2.24, 2.45) is 5.41 Å². The van der Waals surface area contributed by atoms with Crippen LogP contribution in [0.2, 0.25) is 0 Å². The van der Waals surface area contributed by atoms with Gasteiger partial charge in [-0.1, -0.05) is 32.0 Å². The number of carbonyl (C=O) groups is 2. The van der Waals surface area contributed by atoms with Gasteiger partial charge in [-0.25, -0.2) is 0 Å². The molecule has 0 aliphatic carbocycles. The summed E-state index contributed by atoms with van der Waals surface area (Å²) in [6, 6.07) is 4.39. The second-order valence-electron chi connectivity index (χ2n) is 7.74. The van der Waals surface area contributed by atoms with E-state index < -0.39 is 29.1 Å². The number of benzene rings is 1. The van der Waals surface area contributed by atoms with Gasteiger partial charge in [0.25, 0.3) is 0 Å². The number of hydrogen-bond donors (Lipinski definition) is 3. The molecule has 0 bridgehead atoms. The molecule has 1 aliphatic heterocycles. The summed E-state index contributed by atoms with van der Waals surface area (Å²) in [5, 5.41) is 14.6. The predicted octanol–water partition coefficient (Wildman–Crippen LogP) is 1.53. The summed E-state index contributed by atoms with van der Waals surface area (Å²) in [4.78, 5) is 26.1. The zero-order chi connectivity index (χ0) is 20.9. The predicted molar refractivity (Wildman–Crippen MR) is 97.1 cm³/mol. The molecule has 1 aromatic rings. The molecule has 0 radical (unpaired) electrons. The van der Waals surface area contributed by atoms with Crippen LogP contribution in [0.1, 0.15) is 31.4 Å². The van der Waals surface area contributed by atoms with E-state index in [0.717, 1.165) is 6.07 Å². The van der Waals surface area contributed by atoms with Gasteiger partial charge in [0.2, 0.25) is 11.8 Å². The van der Waals surface area contributed by atoms with Gasteiger partial charge in [-0.2, -0.15) is 13.2 Å². The van der Waals surface area contributed by atoms with E-state index in [1.54, 1.807) is 18.7 Å². The van der Waals surface area contributed by atoms with Gasteiger partial charge in [0, 0.05) is 38.2 Å². The minimum atomic E-state index is -4.49. The Morgan fingerprint density at radius 1 is 1.32 bits per heavy atom. The molecule has 0 unspecified atom stereocenters. The monoisotopic (exact) mass is 401 g/mol. The van der Waals surface area contributed by atoms with Crippen molar-refractivity contribution < 1.29 is 27.9 Å². The maximum atomic E-state index is 13.2. The van der Waals surface area contributed by atoms with Crippen molar-refractivity contribution in [1.82, 2.24) is 15.5 Å². The van der Waals surface area contributed by atoms with Crippen LogP contribution in [0.25, 0.3) is 0 Å². The largest absolute Gasteiger partial charge is 0.416 e. The first kappa shape index (κ1) is 22.2. The molecule has 2 amide bonds. The number of halogens is 3. The molecule has 1 aliphatic rings. The van der Waals surface area contributed by atoms with Gasteiger partial charge >= 0.3 is 6.18 Å². The molecule has 6 nitrogen and oxygen atoms in total. The van der Waals surface area contributed by atoms with Crippen LogP contribution in [-0.2, 0) is 22.3 Å². The maximum Gasteiger partial charge on any atom is 0.416 e. The van der Waals surface area contributed by atoms with Gasteiger partial charge in [-0.3, -0.25) is 14.5 Å². The Kier molecular flexibility index (Phi) is 7.06. The van der Waals surface area contributed by atoms with Crippen molar-refractivity contribution in [2.45, 2.75) is 39.0 Å². The molecule has 0 spiro atoms. The third-order valence-corrected chi connectivity index (χ3v) is 4.71. The molecular weight excluding hydrogens is 375 g/mol. The molecule has 3 N–H and O–H groups in total. The van der Waals surface area contributed by atoms with Gasteiger partial charge in [0.05, 0.1) is 18.0 Å². The number of hydrogen-bond acceptors (Lipinski definition) is 4. The number of alkyl halides is 3. The smallest absolute Gasteiger partial charge is 0.396 e. The molecule has 2 rings (SSSR count). The topological polar surface area (TPSA) is 81.7 Å². The Morgan fingerprint density at radius 2 is 2.00 bits per heavy atom. The summed E-state index contributed by atoms with van der Waals surface area (Å²) in [5.74, 6) is -0.773. The minimum absolute atomic E-state index is 0.0662. The van der Waals surface area contributed by atoms with Crippen molar-refractivity contribution >= 4 is 11.8 Å². The SMILES string of the molecule is CC(C)(CO)CNC(=O)C[C@@H]1C(=O)NCCN1Cc1ccccc1C(F)(F)F. The Bertz CT molecular complexity index is 707. The number of amides is 2. The summed E-state index contributed by atoms with van der Waals surface area (Å²) >= 11 is 0. The van der Waals surface area contributed by atoms with Crippen LogP contribution in [0.4, 0.5) is 13.2 Å². The average molecular weight is 401 g/mol. The Morgan fingerprint density at radius 3 is 2.64 bits per heavy atom. The van der Waals surface area contributed by atoms with Crippen LogP contribution in [0.5, 0.6) is 0 Å². The van der Waals surface area contributed by atoms with Crippen molar-refractivity contribution in [3.63, 3.8) is 0 Å². The zero-order valence-corrected chi connectivity index (χ0v) is 16.0. The average Bonchev–Trinajstić information content (AvgIpc) is 2.62. The number of rotatable bonds is 7. The molecule has 1 aromatic carbocycles. The fourth-order valence-electron chi connectivity index (χ4n) is 2.97. The summed E-state index contributed by atoms with van der Waals surface area (Å²) < 4.78 is 39.7. The van der Waals surface area contributed by atoms with Gasteiger partial charge in [0.1, 0.15) is 0 Å². The first-order chi connectivity index (χ1) is 13.0. The lowest BCUT2D eigenvalue weighted by molar-refractivity contribution is -0.139. The summed E-state index contributed by atoms with van der Waals surface area (Å²) in [5.41, 5.74) is -1.18. The van der Waals surface area contributed by atoms with Gasteiger partial charge in [-0.15, -0.1) is 0 Å². The highest BCUT2D eigenvalue weighted by Crippen LogP contribution is 2.32. The zero-order valence-electron chi connectivity index (χ0n) is 16.0. The van der Waals surface area contributed by atoms with Crippen molar-refractivity contribution in [2.75, 3.05) is 26.2 Å². The lowest BCUT2D eigenvalue weighted by Crippen LogP contribution is -2.56. The highest BCUT2D eigenvalue weighted by Gasteiger charge is 2.36. The highest BCUT2D eigenvalue weighted by atomic mass is 19.4. The van der Waals surface area contributed by atoms with Crippen molar-refractivity contribution in [1.29, 1.82) is 0 Å². The minimum Gasteiger partial charge on any atom is -0.396 e. The van der Waals surface area contributed by atoms with Gasteiger partial charge < -0.3 is 15.7 Å². The molecule has 1 fully saturated rings. The number of carbonyl (C=O) groups excluding carboxylic acids is 2. The number of aliphatic hydroxyl groups excluding tert-OH is 1. The first-order valence-electron chi connectivity index (χ1n) is 9.08. The van der Waals surface area contributed by atoms with E-state index >= 15 is 0 Å². The summed E-state index contributed by atoms with van der Waals surface area (Å²) in [6.07, 6.45) is -4.65. The third kappa shape index (κ3) is 5.93. The molecule has 0 aromatic heterocycles. The molecule has 1 heterocycles. The van der Waals surface area contributed by atoms with Crippen LogP contribution < -0.4 is 10.6 Å². The lowest BCUT2D eigenvalue weighted by atomic mass is 9.95. The van der Waals surface area contributed by atoms with Gasteiger partial charge in [-0.05, 0) is 11.6 Å². The van der Waals surface area contributed by atoms with Crippen LogP contribution in [0.15, 0.2) is 24.3 Å². The molecule has 1 atom stereocenters. The second-order valence-corrected chi connectivity index (χ2v) is 7.74. The Balaban J connectivity index is 2.11. The van der Waals surface area contributed by atoms with E-state index in [-0.39, 0.29) is 37.6 Å². The van der Waals surface area contributed by atoms with Crippen LogP contribution >= 0.6 is 0 Å². The standard InChI is InChI=1S/C19H26F3N3O3/c1-18(2,12-26)11-24-16(27)9-15-17(28)23-7-8-25(15)10-13-5-3-4-6-14(13)19(20,21)22/h3-6,15,26H,7-12H2,1-2H3,(H,23,28)(H,24,27)/t15-/m1/s1. The number of aliphatic hydroxyl groups is 1. The van der Waals surface area contributed by atoms with E-state index in [0.29, 0.717) is 13.1 Å². The Hall–Kier alpha value is -2.13. The van der Waals surface area contributed by atoms with Gasteiger partial charge in [0.15, 0.2) is 0 Å². The number of piperazine rings is 1. The molecule has 9 heteroatoms. The quantitative estimate of drug-likeness (QED) is 0.647. The van der Waals surface area contributed by atoms with Crippen molar-refractivity contribution in [3.05, 3.63) is 35.4 Å². The highest BCUT2D eigenvalue weighted by molar-refractivity contribution is 5.88. The number of nitrogens with zero attached hydrogens (tertiary/aromatic N) is 1. The lowest BCUT2D eigenvalue weighted by Gasteiger charge is -2.35. The van der Waals surface area contributed by atoms with E-state index in [2.05, 4.69) is 10.6 Å². The van der Waals surface area contributed by atoms with Crippen LogP contribution in [0.3, 0.4) is 0 Å². The molecular formula is C19H26F3N3O3. The normalized spacial score (nSPS) is 18.6.